The second-order valence-electron chi connectivity index (χ2n) is 8.25. The molecule has 7 heteroatoms. The topological polar surface area (TPSA) is 68.2 Å². The van der Waals surface area contributed by atoms with Crippen molar-refractivity contribution in [1.29, 1.82) is 0 Å². The van der Waals surface area contributed by atoms with Crippen molar-refractivity contribution < 1.29 is 19.1 Å². The van der Waals surface area contributed by atoms with Crippen molar-refractivity contribution in [2.45, 2.75) is 20.0 Å². The number of nitrogens with zero attached hydrogens (tertiary/aromatic N) is 2. The summed E-state index contributed by atoms with van der Waals surface area (Å²) in [5.41, 5.74) is 1.58. The van der Waals surface area contributed by atoms with E-state index in [9.17, 15) is 9.59 Å². The normalized spacial score (nSPS) is 25.8. The third-order valence-corrected chi connectivity index (χ3v) is 6.75. The summed E-state index contributed by atoms with van der Waals surface area (Å²) < 4.78 is 11.7. The summed E-state index contributed by atoms with van der Waals surface area (Å²) in [6.45, 7) is 2.66. The van der Waals surface area contributed by atoms with E-state index in [1.165, 1.54) is 6.21 Å². The number of hydrazone groups is 1. The number of rotatable bonds is 7. The Bertz CT molecular complexity index is 1100. The van der Waals surface area contributed by atoms with E-state index in [1.54, 1.807) is 12.1 Å². The Morgan fingerprint density at radius 2 is 1.75 bits per heavy atom. The van der Waals surface area contributed by atoms with Gasteiger partial charge in [-0.15, -0.1) is 0 Å². The van der Waals surface area contributed by atoms with Gasteiger partial charge in [-0.3, -0.25) is 9.59 Å². The molecule has 2 fully saturated rings. The lowest BCUT2D eigenvalue weighted by atomic mass is 9.85. The van der Waals surface area contributed by atoms with Crippen LogP contribution in [0.1, 0.15) is 24.5 Å². The van der Waals surface area contributed by atoms with E-state index in [2.05, 4.69) is 17.3 Å². The summed E-state index contributed by atoms with van der Waals surface area (Å²) in [5, 5.41) is 5.92. The van der Waals surface area contributed by atoms with E-state index in [1.807, 2.05) is 37.3 Å². The van der Waals surface area contributed by atoms with Crippen LogP contribution < -0.4 is 9.47 Å². The summed E-state index contributed by atoms with van der Waals surface area (Å²) in [6, 6.07) is 12.9. The van der Waals surface area contributed by atoms with E-state index in [0.717, 1.165) is 17.0 Å². The Morgan fingerprint density at radius 3 is 2.44 bits per heavy atom. The lowest BCUT2D eigenvalue weighted by molar-refractivity contribution is -0.140. The third-order valence-electron chi connectivity index (χ3n) is 6.38. The van der Waals surface area contributed by atoms with Crippen LogP contribution in [-0.4, -0.2) is 29.6 Å². The van der Waals surface area contributed by atoms with Gasteiger partial charge in [0.25, 0.3) is 11.8 Å². The molecule has 1 saturated carbocycles. The van der Waals surface area contributed by atoms with Gasteiger partial charge in [-0.25, -0.2) is 0 Å². The molecule has 1 aliphatic heterocycles. The first-order valence-corrected chi connectivity index (χ1v) is 11.2. The molecule has 2 amide bonds. The van der Waals surface area contributed by atoms with Crippen LogP contribution >= 0.6 is 11.6 Å². The molecule has 1 saturated heterocycles. The Balaban J connectivity index is 1.32. The molecular weight excluding hydrogens is 428 g/mol. The highest BCUT2D eigenvalue weighted by molar-refractivity contribution is 6.31. The van der Waals surface area contributed by atoms with E-state index < -0.39 is 0 Å². The van der Waals surface area contributed by atoms with Gasteiger partial charge in [0.1, 0.15) is 6.61 Å². The molecule has 0 unspecified atom stereocenters. The molecule has 2 aliphatic carbocycles. The number of hydrogen-bond donors (Lipinski definition) is 0. The highest BCUT2D eigenvalue weighted by Gasteiger charge is 2.59. The predicted octanol–water partition coefficient (Wildman–Crippen LogP) is 4.46. The number of carbonyl (C=O) groups is 2. The number of fused-ring (bicyclic) bond motifs is 5. The minimum absolute atomic E-state index is 0.167. The lowest BCUT2D eigenvalue weighted by Crippen LogP contribution is -2.28. The van der Waals surface area contributed by atoms with E-state index >= 15 is 0 Å². The smallest absolute Gasteiger partial charge is 0.254 e. The first-order chi connectivity index (χ1) is 15.6. The first-order valence-electron chi connectivity index (χ1n) is 10.8. The van der Waals surface area contributed by atoms with Crippen molar-refractivity contribution >= 4 is 29.6 Å². The zero-order valence-corrected chi connectivity index (χ0v) is 18.4. The summed E-state index contributed by atoms with van der Waals surface area (Å²) in [6.07, 6.45) is 6.56. The average Bonchev–Trinajstić information content (AvgIpc) is 3.47. The highest BCUT2D eigenvalue weighted by Crippen LogP contribution is 2.52. The molecule has 0 N–H and O–H groups in total. The van der Waals surface area contributed by atoms with Crippen LogP contribution in [0.25, 0.3) is 0 Å². The molecule has 164 valence electrons. The Kier molecular flexibility index (Phi) is 5.47. The molecule has 2 aromatic carbocycles. The van der Waals surface area contributed by atoms with Crippen molar-refractivity contribution in [3.63, 3.8) is 0 Å². The molecule has 0 aromatic heterocycles. The second kappa shape index (κ2) is 8.43. The summed E-state index contributed by atoms with van der Waals surface area (Å²) in [7, 11) is 0. The van der Waals surface area contributed by atoms with Crippen molar-refractivity contribution in [1.82, 2.24) is 5.01 Å². The highest BCUT2D eigenvalue weighted by atomic mass is 35.5. The van der Waals surface area contributed by atoms with Gasteiger partial charge in [-0.05, 0) is 55.0 Å². The molecule has 1 heterocycles. The van der Waals surface area contributed by atoms with Gasteiger partial charge >= 0.3 is 0 Å². The van der Waals surface area contributed by atoms with Crippen LogP contribution in [-0.2, 0) is 16.2 Å². The summed E-state index contributed by atoms with van der Waals surface area (Å²) in [5.74, 6) is 0.566. The number of ether oxygens (including phenoxy) is 2. The standard InChI is InChI=1S/C25H23ClN2O4/c1-2-31-21-11-15(7-10-20(21)32-14-18-5-3-4-6-19(18)26)13-27-28-24(29)22-16-8-9-17(12-16)23(22)25(28)30/h3-11,13,16-17,22-23H,2,12,14H2,1H3/b27-13-/t16-,17-,22+,23+/m0/s1. The monoisotopic (exact) mass is 450 g/mol. The van der Waals surface area contributed by atoms with Crippen LogP contribution in [0.4, 0.5) is 0 Å². The van der Waals surface area contributed by atoms with Crippen LogP contribution in [0.2, 0.25) is 5.02 Å². The van der Waals surface area contributed by atoms with E-state index in [-0.39, 0.29) is 35.5 Å². The Labute approximate surface area is 191 Å². The molecule has 2 bridgehead atoms. The number of allylic oxidation sites excluding steroid dienone is 2. The van der Waals surface area contributed by atoms with Gasteiger partial charge in [0.05, 0.1) is 24.7 Å². The number of hydrogen-bond acceptors (Lipinski definition) is 5. The maximum atomic E-state index is 12.8. The van der Waals surface area contributed by atoms with E-state index in [0.29, 0.717) is 35.3 Å². The van der Waals surface area contributed by atoms with Crippen LogP contribution in [0.3, 0.4) is 0 Å². The van der Waals surface area contributed by atoms with E-state index in [4.69, 9.17) is 21.1 Å². The number of amides is 2. The first kappa shape index (κ1) is 20.8. The van der Waals surface area contributed by atoms with Crippen LogP contribution in [0.5, 0.6) is 11.5 Å². The number of benzene rings is 2. The molecule has 3 aliphatic rings. The minimum Gasteiger partial charge on any atom is -0.490 e. The molecule has 4 atom stereocenters. The minimum atomic E-state index is -0.255. The Morgan fingerprint density at radius 1 is 1.03 bits per heavy atom. The average molecular weight is 451 g/mol. The molecule has 0 spiro atoms. The van der Waals surface area contributed by atoms with Gasteiger partial charge in [0.2, 0.25) is 0 Å². The van der Waals surface area contributed by atoms with Crippen LogP contribution in [0, 0.1) is 23.7 Å². The van der Waals surface area contributed by atoms with Gasteiger partial charge < -0.3 is 9.47 Å². The SMILES string of the molecule is CCOc1cc(/C=N\N2C(=O)[C@H]3[C@H](C2=O)[C@H]2C=C[C@H]3C2)ccc1OCc1ccccc1Cl. The number of imide groups is 1. The van der Waals surface area contributed by atoms with Crippen LogP contribution in [0.15, 0.2) is 59.7 Å². The third kappa shape index (κ3) is 3.58. The molecule has 6 nitrogen and oxygen atoms in total. The molecular formula is C25H23ClN2O4. The molecule has 32 heavy (non-hydrogen) atoms. The number of carbonyl (C=O) groups excluding carboxylic acids is 2. The largest absolute Gasteiger partial charge is 0.490 e. The number of halogens is 1. The van der Waals surface area contributed by atoms with Crippen molar-refractivity contribution in [3.8, 4) is 11.5 Å². The maximum Gasteiger partial charge on any atom is 0.254 e. The van der Waals surface area contributed by atoms with Crippen molar-refractivity contribution in [2.24, 2.45) is 28.8 Å². The predicted molar refractivity (Wildman–Crippen MR) is 121 cm³/mol. The fraction of sp³-hybridized carbons (Fsp3) is 0.320. The van der Waals surface area contributed by atoms with Gasteiger partial charge in [0.15, 0.2) is 11.5 Å². The fourth-order valence-electron chi connectivity index (χ4n) is 4.89. The molecule has 5 rings (SSSR count). The maximum absolute atomic E-state index is 12.8. The summed E-state index contributed by atoms with van der Waals surface area (Å²) >= 11 is 6.21. The fourth-order valence-corrected chi connectivity index (χ4v) is 5.08. The summed E-state index contributed by atoms with van der Waals surface area (Å²) in [4.78, 5) is 25.6. The van der Waals surface area contributed by atoms with Gasteiger partial charge in [0, 0.05) is 10.6 Å². The van der Waals surface area contributed by atoms with Gasteiger partial charge in [-0.1, -0.05) is 42.0 Å². The quantitative estimate of drug-likeness (QED) is 0.355. The zero-order valence-electron chi connectivity index (χ0n) is 17.6. The molecule has 0 radical (unpaired) electrons. The molecule has 2 aromatic rings. The lowest BCUT2D eigenvalue weighted by Gasteiger charge is -2.14. The van der Waals surface area contributed by atoms with Gasteiger partial charge in [-0.2, -0.15) is 10.1 Å². The second-order valence-corrected chi connectivity index (χ2v) is 8.66. The Hall–Kier alpha value is -3.12. The van der Waals surface area contributed by atoms with Crippen molar-refractivity contribution in [3.05, 3.63) is 70.8 Å². The zero-order chi connectivity index (χ0) is 22.2. The van der Waals surface area contributed by atoms with Crippen molar-refractivity contribution in [2.75, 3.05) is 6.61 Å².